The van der Waals surface area contributed by atoms with E-state index in [1.807, 2.05) is 0 Å². The molecule has 0 aliphatic carbocycles. The van der Waals surface area contributed by atoms with Crippen LogP contribution in [0.15, 0.2) is 33.6 Å². The van der Waals surface area contributed by atoms with Gasteiger partial charge < -0.3 is 18.6 Å². The molecule has 10 heteroatoms. The number of rotatable bonds is 6. The van der Waals surface area contributed by atoms with Crippen molar-refractivity contribution in [2.45, 2.75) is 6.54 Å². The summed E-state index contributed by atoms with van der Waals surface area (Å²) in [5.41, 5.74) is 0.501. The number of methoxy groups -OCH3 is 3. The smallest absolute Gasteiger partial charge is 0.373 e. The summed E-state index contributed by atoms with van der Waals surface area (Å²) < 4.78 is 20.3. The zero-order valence-corrected chi connectivity index (χ0v) is 17.3. The van der Waals surface area contributed by atoms with Crippen molar-refractivity contribution in [2.24, 2.45) is 0 Å². The molecule has 2 aromatic rings. The number of thioether (sulfide) groups is 1. The van der Waals surface area contributed by atoms with E-state index < -0.39 is 17.1 Å². The number of ether oxygens (including phenoxy) is 3. The van der Waals surface area contributed by atoms with Crippen LogP contribution in [-0.2, 0) is 16.1 Å². The molecule has 1 aliphatic heterocycles. The van der Waals surface area contributed by atoms with Crippen LogP contribution in [0, 0.1) is 0 Å². The number of carbonyl (C=O) groups is 3. The van der Waals surface area contributed by atoms with Crippen LogP contribution in [-0.4, -0.2) is 43.3 Å². The summed E-state index contributed by atoms with van der Waals surface area (Å²) in [6, 6.07) is 6.10. The maximum atomic E-state index is 12.7. The minimum absolute atomic E-state index is 0.0119. The van der Waals surface area contributed by atoms with E-state index in [4.69, 9.17) is 25.5 Å². The van der Waals surface area contributed by atoms with Crippen LogP contribution in [0.2, 0.25) is 5.02 Å². The Morgan fingerprint density at radius 2 is 1.86 bits per heavy atom. The summed E-state index contributed by atoms with van der Waals surface area (Å²) in [5.74, 6) is 0.00533. The van der Waals surface area contributed by atoms with Gasteiger partial charge in [0.1, 0.15) is 5.76 Å². The van der Waals surface area contributed by atoms with E-state index in [0.29, 0.717) is 22.1 Å². The number of benzene rings is 1. The molecule has 1 aromatic carbocycles. The molecule has 1 aromatic heterocycles. The van der Waals surface area contributed by atoms with Crippen molar-refractivity contribution in [1.29, 1.82) is 0 Å². The van der Waals surface area contributed by atoms with Crippen molar-refractivity contribution in [3.63, 3.8) is 0 Å². The molecule has 2 heterocycles. The third-order valence-corrected chi connectivity index (χ3v) is 5.26. The molecule has 29 heavy (non-hydrogen) atoms. The second-order valence-electron chi connectivity index (χ2n) is 5.75. The molecule has 0 unspecified atom stereocenters. The van der Waals surface area contributed by atoms with Crippen LogP contribution in [0.1, 0.15) is 21.9 Å². The van der Waals surface area contributed by atoms with E-state index in [2.05, 4.69) is 4.74 Å². The number of imide groups is 1. The highest BCUT2D eigenvalue weighted by Gasteiger charge is 2.36. The van der Waals surface area contributed by atoms with Gasteiger partial charge in [0.25, 0.3) is 11.1 Å². The Labute approximate surface area is 175 Å². The highest BCUT2D eigenvalue weighted by atomic mass is 35.5. The van der Waals surface area contributed by atoms with E-state index in [9.17, 15) is 14.4 Å². The predicted molar refractivity (Wildman–Crippen MR) is 106 cm³/mol. The second kappa shape index (κ2) is 8.62. The number of halogens is 1. The van der Waals surface area contributed by atoms with Gasteiger partial charge in [-0.3, -0.25) is 14.5 Å². The molecule has 0 radical (unpaired) electrons. The number of amides is 2. The van der Waals surface area contributed by atoms with E-state index >= 15 is 0 Å². The Kier molecular flexibility index (Phi) is 6.19. The van der Waals surface area contributed by atoms with Crippen LogP contribution in [0.5, 0.6) is 11.5 Å². The average molecular weight is 438 g/mol. The van der Waals surface area contributed by atoms with Crippen molar-refractivity contribution in [2.75, 3.05) is 21.3 Å². The lowest BCUT2D eigenvalue weighted by Crippen LogP contribution is -2.27. The first kappa shape index (κ1) is 20.8. The second-order valence-corrected chi connectivity index (χ2v) is 7.15. The standard InChI is InChI=1S/C19H16ClNO7S/c1-25-14-6-10(12(20)8-15(14)26-2)7-16-17(22)21(19(24)29-16)9-11-4-5-13(28-11)18(23)27-3/h4-8H,9H2,1-3H3/b16-7+. The zero-order valence-electron chi connectivity index (χ0n) is 15.7. The highest BCUT2D eigenvalue weighted by molar-refractivity contribution is 8.18. The molecule has 0 N–H and O–H groups in total. The van der Waals surface area contributed by atoms with E-state index in [1.165, 1.54) is 39.5 Å². The molecular formula is C19H16ClNO7S. The summed E-state index contributed by atoms with van der Waals surface area (Å²) in [6.45, 7) is -0.112. The first-order chi connectivity index (χ1) is 13.9. The molecule has 8 nitrogen and oxygen atoms in total. The minimum Gasteiger partial charge on any atom is -0.493 e. The van der Waals surface area contributed by atoms with Gasteiger partial charge in [-0.15, -0.1) is 0 Å². The van der Waals surface area contributed by atoms with Gasteiger partial charge in [0.05, 0.1) is 37.8 Å². The molecule has 0 atom stereocenters. The van der Waals surface area contributed by atoms with Crippen LogP contribution >= 0.6 is 23.4 Å². The van der Waals surface area contributed by atoms with E-state index in [1.54, 1.807) is 12.1 Å². The minimum atomic E-state index is -0.645. The van der Waals surface area contributed by atoms with Crippen LogP contribution < -0.4 is 9.47 Å². The van der Waals surface area contributed by atoms with Crippen molar-refractivity contribution >= 4 is 46.6 Å². The number of carbonyl (C=O) groups excluding carboxylic acids is 3. The molecule has 1 aliphatic rings. The monoisotopic (exact) mass is 437 g/mol. The van der Waals surface area contributed by atoms with Gasteiger partial charge in [-0.25, -0.2) is 4.79 Å². The summed E-state index contributed by atoms with van der Waals surface area (Å²) in [5, 5.41) is -0.128. The van der Waals surface area contributed by atoms with Crippen molar-refractivity contribution in [1.82, 2.24) is 4.90 Å². The summed E-state index contributed by atoms with van der Waals surface area (Å²) in [6.07, 6.45) is 1.51. The van der Waals surface area contributed by atoms with Gasteiger partial charge in [-0.2, -0.15) is 0 Å². The number of hydrogen-bond acceptors (Lipinski definition) is 8. The van der Waals surface area contributed by atoms with Gasteiger partial charge in [-0.05, 0) is 41.6 Å². The molecule has 1 saturated heterocycles. The van der Waals surface area contributed by atoms with Crippen LogP contribution in [0.3, 0.4) is 0 Å². The molecule has 0 saturated carbocycles. The highest BCUT2D eigenvalue weighted by Crippen LogP contribution is 2.38. The molecule has 1 fully saturated rings. The van der Waals surface area contributed by atoms with Gasteiger partial charge in [-0.1, -0.05) is 11.6 Å². The average Bonchev–Trinajstić information content (AvgIpc) is 3.29. The third kappa shape index (κ3) is 4.25. The normalized spacial score (nSPS) is 15.2. The maximum absolute atomic E-state index is 12.7. The van der Waals surface area contributed by atoms with E-state index in [-0.39, 0.29) is 23.0 Å². The SMILES string of the molecule is COC(=O)c1ccc(CN2C(=O)S/C(=C/c3cc(OC)c(OC)cc3Cl)C2=O)o1. The number of nitrogens with zero attached hydrogens (tertiary/aromatic N) is 1. The fourth-order valence-corrected chi connectivity index (χ4v) is 3.62. The first-order valence-electron chi connectivity index (χ1n) is 8.21. The largest absolute Gasteiger partial charge is 0.493 e. The number of hydrogen-bond donors (Lipinski definition) is 0. The summed E-state index contributed by atoms with van der Waals surface area (Å²) in [4.78, 5) is 37.7. The van der Waals surface area contributed by atoms with Crippen LogP contribution in [0.4, 0.5) is 4.79 Å². The van der Waals surface area contributed by atoms with Gasteiger partial charge in [0, 0.05) is 6.07 Å². The number of furan rings is 1. The van der Waals surface area contributed by atoms with Gasteiger partial charge >= 0.3 is 5.97 Å². The Bertz CT molecular complexity index is 1010. The lowest BCUT2D eigenvalue weighted by Gasteiger charge is -2.11. The van der Waals surface area contributed by atoms with Gasteiger partial charge in [0.2, 0.25) is 5.76 Å². The molecule has 3 rings (SSSR count). The fraction of sp³-hybridized carbons (Fsp3) is 0.211. The molecule has 152 valence electrons. The Morgan fingerprint density at radius 1 is 1.17 bits per heavy atom. The van der Waals surface area contributed by atoms with Crippen molar-refractivity contribution in [3.8, 4) is 11.5 Å². The lowest BCUT2D eigenvalue weighted by molar-refractivity contribution is -0.123. The van der Waals surface area contributed by atoms with Crippen molar-refractivity contribution < 1.29 is 33.0 Å². The van der Waals surface area contributed by atoms with Crippen molar-refractivity contribution in [3.05, 3.63) is 51.3 Å². The molecule has 2 amide bonds. The fourth-order valence-electron chi connectivity index (χ4n) is 2.59. The molecule has 0 spiro atoms. The summed E-state index contributed by atoms with van der Waals surface area (Å²) >= 11 is 7.03. The predicted octanol–water partition coefficient (Wildman–Crippen LogP) is 3.97. The zero-order chi connectivity index (χ0) is 21.1. The van der Waals surface area contributed by atoms with Crippen LogP contribution in [0.25, 0.3) is 6.08 Å². The number of esters is 1. The topological polar surface area (TPSA) is 95.3 Å². The van der Waals surface area contributed by atoms with Gasteiger partial charge in [0.15, 0.2) is 11.5 Å². The Balaban J connectivity index is 1.83. The summed E-state index contributed by atoms with van der Waals surface area (Å²) in [7, 11) is 4.19. The lowest BCUT2D eigenvalue weighted by atomic mass is 10.1. The first-order valence-corrected chi connectivity index (χ1v) is 9.41. The third-order valence-electron chi connectivity index (χ3n) is 4.03. The maximum Gasteiger partial charge on any atom is 0.373 e. The Morgan fingerprint density at radius 3 is 2.52 bits per heavy atom. The molecular weight excluding hydrogens is 422 g/mol. The van der Waals surface area contributed by atoms with E-state index in [0.717, 1.165) is 16.7 Å². The quantitative estimate of drug-likeness (QED) is 0.494. The molecule has 0 bridgehead atoms. The Hall–Kier alpha value is -2.91.